The number of nitrogens with zero attached hydrogens (tertiary/aromatic N) is 2. The van der Waals surface area contributed by atoms with Crippen LogP contribution in [0.3, 0.4) is 0 Å². The van der Waals surface area contributed by atoms with Crippen molar-refractivity contribution in [3.63, 3.8) is 0 Å². The van der Waals surface area contributed by atoms with Gasteiger partial charge in [-0.15, -0.1) is 0 Å². The molecule has 0 amide bonds. The van der Waals surface area contributed by atoms with E-state index >= 15 is 0 Å². The Morgan fingerprint density at radius 1 is 1.45 bits per heavy atom. The molecule has 0 atom stereocenters. The predicted octanol–water partition coefficient (Wildman–Crippen LogP) is 2.14. The van der Waals surface area contributed by atoms with Crippen molar-refractivity contribution < 1.29 is 14.3 Å². The summed E-state index contributed by atoms with van der Waals surface area (Å²) < 4.78 is 13.1. The fourth-order valence-corrected chi connectivity index (χ4v) is 1.92. The van der Waals surface area contributed by atoms with Crippen LogP contribution in [0.25, 0.3) is 0 Å². The minimum atomic E-state index is -1.11. The molecule has 1 aromatic heterocycles. The lowest BCUT2D eigenvalue weighted by atomic mass is 10.2. The first-order valence-electron chi connectivity index (χ1n) is 5.92. The first-order valence-corrected chi connectivity index (χ1v) is 5.92. The number of hydrogen-bond donors (Lipinski definition) is 2. The Hall–Kier alpha value is -2.63. The van der Waals surface area contributed by atoms with Gasteiger partial charge in [0.1, 0.15) is 17.2 Å². The Bertz CT molecular complexity index is 646. The van der Waals surface area contributed by atoms with E-state index in [4.69, 9.17) is 10.8 Å². The van der Waals surface area contributed by atoms with Crippen LogP contribution in [0.1, 0.15) is 15.9 Å². The van der Waals surface area contributed by atoms with Gasteiger partial charge in [0, 0.05) is 13.6 Å². The second-order valence-electron chi connectivity index (χ2n) is 4.43. The maximum atomic E-state index is 13.1. The number of benzene rings is 1. The molecule has 0 saturated heterocycles. The molecule has 0 aliphatic heterocycles. The van der Waals surface area contributed by atoms with Crippen molar-refractivity contribution in [1.29, 1.82) is 0 Å². The van der Waals surface area contributed by atoms with Crippen LogP contribution in [0, 0.1) is 5.82 Å². The highest BCUT2D eigenvalue weighted by Crippen LogP contribution is 2.20. The van der Waals surface area contributed by atoms with E-state index in [9.17, 15) is 9.18 Å². The second kappa shape index (κ2) is 5.56. The van der Waals surface area contributed by atoms with Crippen molar-refractivity contribution in [2.45, 2.75) is 6.54 Å². The number of anilines is 2. The SMILES string of the molecule is CN(Cc1cccc(F)c1)c1ncc(N)cc1C(=O)O. The summed E-state index contributed by atoms with van der Waals surface area (Å²) in [4.78, 5) is 16.9. The van der Waals surface area contributed by atoms with Crippen LogP contribution in [0.4, 0.5) is 15.9 Å². The van der Waals surface area contributed by atoms with Gasteiger partial charge in [-0.25, -0.2) is 14.2 Å². The van der Waals surface area contributed by atoms with E-state index in [0.29, 0.717) is 6.54 Å². The molecule has 0 radical (unpaired) electrons. The van der Waals surface area contributed by atoms with Crippen LogP contribution >= 0.6 is 0 Å². The number of hydrogen-bond acceptors (Lipinski definition) is 4. The molecule has 2 aromatic rings. The average Bonchev–Trinajstić information content (AvgIpc) is 2.38. The van der Waals surface area contributed by atoms with Crippen molar-refractivity contribution in [2.24, 2.45) is 0 Å². The lowest BCUT2D eigenvalue weighted by molar-refractivity contribution is 0.0697. The highest BCUT2D eigenvalue weighted by Gasteiger charge is 2.16. The lowest BCUT2D eigenvalue weighted by Gasteiger charge is -2.20. The Kier molecular flexibility index (Phi) is 3.84. The molecule has 104 valence electrons. The van der Waals surface area contributed by atoms with E-state index in [-0.39, 0.29) is 22.9 Å². The Morgan fingerprint density at radius 3 is 2.85 bits per heavy atom. The van der Waals surface area contributed by atoms with Crippen LogP contribution in [0.15, 0.2) is 36.5 Å². The van der Waals surface area contributed by atoms with Crippen molar-refractivity contribution in [1.82, 2.24) is 4.98 Å². The fourth-order valence-electron chi connectivity index (χ4n) is 1.92. The Balaban J connectivity index is 2.29. The van der Waals surface area contributed by atoms with Crippen LogP contribution in [0.5, 0.6) is 0 Å². The third-order valence-corrected chi connectivity index (χ3v) is 2.79. The van der Waals surface area contributed by atoms with Crippen LogP contribution < -0.4 is 10.6 Å². The largest absolute Gasteiger partial charge is 0.478 e. The van der Waals surface area contributed by atoms with Gasteiger partial charge in [-0.05, 0) is 23.8 Å². The highest BCUT2D eigenvalue weighted by molar-refractivity contribution is 5.94. The topological polar surface area (TPSA) is 79.5 Å². The molecule has 0 unspecified atom stereocenters. The zero-order chi connectivity index (χ0) is 14.7. The molecule has 5 nitrogen and oxygen atoms in total. The van der Waals surface area contributed by atoms with Crippen LogP contribution in [-0.4, -0.2) is 23.1 Å². The zero-order valence-corrected chi connectivity index (χ0v) is 10.9. The number of carboxylic acids is 1. The Labute approximate surface area is 115 Å². The zero-order valence-electron chi connectivity index (χ0n) is 10.9. The van der Waals surface area contributed by atoms with Crippen LogP contribution in [-0.2, 0) is 6.54 Å². The minimum absolute atomic E-state index is 0.0175. The first kappa shape index (κ1) is 13.8. The van der Waals surface area contributed by atoms with E-state index < -0.39 is 5.97 Å². The summed E-state index contributed by atoms with van der Waals surface area (Å²) >= 11 is 0. The van der Waals surface area contributed by atoms with Gasteiger partial charge in [-0.1, -0.05) is 12.1 Å². The van der Waals surface area contributed by atoms with Gasteiger partial charge in [0.2, 0.25) is 0 Å². The predicted molar refractivity (Wildman–Crippen MR) is 74.1 cm³/mol. The summed E-state index contributed by atoms with van der Waals surface area (Å²) in [5.41, 5.74) is 6.57. The van der Waals surface area contributed by atoms with Gasteiger partial charge in [0.25, 0.3) is 0 Å². The highest BCUT2D eigenvalue weighted by atomic mass is 19.1. The van der Waals surface area contributed by atoms with E-state index in [1.54, 1.807) is 24.1 Å². The molecule has 6 heteroatoms. The molecule has 0 spiro atoms. The van der Waals surface area contributed by atoms with Crippen LogP contribution in [0.2, 0.25) is 0 Å². The van der Waals surface area contributed by atoms with Crippen molar-refractivity contribution >= 4 is 17.5 Å². The molecule has 3 N–H and O–H groups in total. The standard InChI is InChI=1S/C14H14FN3O2/c1-18(8-9-3-2-4-10(15)5-9)13-12(14(19)20)6-11(16)7-17-13/h2-7H,8,16H2,1H3,(H,19,20). The van der Waals surface area contributed by atoms with Crippen molar-refractivity contribution in [2.75, 3.05) is 17.7 Å². The normalized spacial score (nSPS) is 10.3. The number of carboxylic acid groups (broad SMARTS) is 1. The summed E-state index contributed by atoms with van der Waals surface area (Å²) in [6, 6.07) is 7.47. The van der Waals surface area contributed by atoms with E-state index in [1.807, 2.05) is 0 Å². The summed E-state index contributed by atoms with van der Waals surface area (Å²) in [5, 5.41) is 9.17. The maximum absolute atomic E-state index is 13.1. The van der Waals surface area contributed by atoms with Crippen molar-refractivity contribution in [3.05, 3.63) is 53.5 Å². The molecular formula is C14H14FN3O2. The fraction of sp³-hybridized carbons (Fsp3) is 0.143. The smallest absolute Gasteiger partial charge is 0.339 e. The Morgan fingerprint density at radius 2 is 2.20 bits per heavy atom. The monoisotopic (exact) mass is 275 g/mol. The van der Waals surface area contributed by atoms with Gasteiger partial charge >= 0.3 is 5.97 Å². The molecule has 20 heavy (non-hydrogen) atoms. The number of nitrogens with two attached hydrogens (primary N) is 1. The summed E-state index contributed by atoms with van der Waals surface area (Å²) in [5.74, 6) is -1.15. The molecule has 1 aromatic carbocycles. The molecule has 0 aliphatic carbocycles. The number of aromatic carboxylic acids is 1. The first-order chi connectivity index (χ1) is 9.47. The van der Waals surface area contributed by atoms with E-state index in [1.165, 1.54) is 24.4 Å². The van der Waals surface area contributed by atoms with Gasteiger partial charge in [-0.3, -0.25) is 0 Å². The third-order valence-electron chi connectivity index (χ3n) is 2.79. The second-order valence-corrected chi connectivity index (χ2v) is 4.43. The van der Waals surface area contributed by atoms with Gasteiger partial charge < -0.3 is 15.7 Å². The average molecular weight is 275 g/mol. The number of aromatic nitrogens is 1. The molecule has 1 heterocycles. The maximum Gasteiger partial charge on any atom is 0.339 e. The molecule has 0 fully saturated rings. The number of pyridine rings is 1. The van der Waals surface area contributed by atoms with Crippen molar-refractivity contribution in [3.8, 4) is 0 Å². The molecule has 0 bridgehead atoms. The number of halogens is 1. The third kappa shape index (κ3) is 3.03. The van der Waals surface area contributed by atoms with E-state index in [0.717, 1.165) is 5.56 Å². The minimum Gasteiger partial charge on any atom is -0.478 e. The van der Waals surface area contributed by atoms with Gasteiger partial charge in [0.05, 0.1) is 11.9 Å². The van der Waals surface area contributed by atoms with Gasteiger partial charge in [-0.2, -0.15) is 0 Å². The number of rotatable bonds is 4. The van der Waals surface area contributed by atoms with E-state index in [2.05, 4.69) is 4.98 Å². The summed E-state index contributed by atoms with van der Waals surface area (Å²) in [6.07, 6.45) is 1.39. The number of nitrogen functional groups attached to an aromatic ring is 1. The number of carbonyl (C=O) groups is 1. The molecule has 0 aliphatic rings. The molecule has 2 rings (SSSR count). The quantitative estimate of drug-likeness (QED) is 0.893. The molecular weight excluding hydrogens is 261 g/mol. The molecule has 0 saturated carbocycles. The summed E-state index contributed by atoms with van der Waals surface area (Å²) in [6.45, 7) is 0.342. The van der Waals surface area contributed by atoms with Gasteiger partial charge in [0.15, 0.2) is 0 Å². The lowest BCUT2D eigenvalue weighted by Crippen LogP contribution is -2.21. The summed E-state index contributed by atoms with van der Waals surface area (Å²) in [7, 11) is 1.69.